The van der Waals surface area contributed by atoms with Crippen molar-refractivity contribution in [3.8, 4) is 0 Å². The van der Waals surface area contributed by atoms with Crippen LogP contribution in [0.2, 0.25) is 0 Å². The lowest BCUT2D eigenvalue weighted by atomic mass is 9.88. The molecule has 0 saturated heterocycles. The van der Waals surface area contributed by atoms with Crippen molar-refractivity contribution in [1.82, 2.24) is 0 Å². The molecule has 0 amide bonds. The molecule has 0 aliphatic rings. The monoisotopic (exact) mass is 432 g/mol. The lowest BCUT2D eigenvalue weighted by Crippen LogP contribution is -2.53. The summed E-state index contributed by atoms with van der Waals surface area (Å²) in [6, 6.07) is 0. The normalized spacial score (nSPS) is 14.3. The van der Waals surface area contributed by atoms with Crippen LogP contribution in [0.25, 0.3) is 0 Å². The van der Waals surface area contributed by atoms with E-state index in [1.54, 1.807) is 0 Å². The Morgan fingerprint density at radius 1 is 0.800 bits per heavy atom. The van der Waals surface area contributed by atoms with Crippen molar-refractivity contribution in [3.63, 3.8) is 0 Å². The van der Waals surface area contributed by atoms with Crippen molar-refractivity contribution in [2.24, 2.45) is 0 Å². The number of rotatable bonds is 21. The van der Waals surface area contributed by atoms with Gasteiger partial charge in [0.1, 0.15) is 12.7 Å². The number of carbonyl (C=O) groups excluding carboxylic acids is 2. The molecule has 0 radical (unpaired) electrons. The average Bonchev–Trinajstić information content (AvgIpc) is 2.76. The van der Waals surface area contributed by atoms with E-state index in [9.17, 15) is 19.8 Å². The van der Waals surface area contributed by atoms with E-state index in [1.807, 2.05) is 0 Å². The number of Topliss-reactive ketones (excluding diaryl/α,β-unsaturated/α-hetero) is 1. The van der Waals surface area contributed by atoms with E-state index in [1.165, 1.54) is 57.8 Å². The summed E-state index contributed by atoms with van der Waals surface area (Å²) in [4.78, 5) is 24.2. The molecule has 0 saturated carbocycles. The molecule has 0 heterocycles. The van der Waals surface area contributed by atoms with E-state index < -0.39 is 36.7 Å². The van der Waals surface area contributed by atoms with Gasteiger partial charge < -0.3 is 25.2 Å². The van der Waals surface area contributed by atoms with Crippen LogP contribution < -0.4 is 0 Å². The fourth-order valence-corrected chi connectivity index (χ4v) is 3.52. The van der Waals surface area contributed by atoms with Crippen molar-refractivity contribution in [2.75, 3.05) is 19.8 Å². The minimum Gasteiger partial charge on any atom is -0.461 e. The lowest BCUT2D eigenvalue weighted by Gasteiger charge is -2.26. The fourth-order valence-electron chi connectivity index (χ4n) is 3.52. The Morgan fingerprint density at radius 3 is 1.63 bits per heavy atom. The van der Waals surface area contributed by atoms with Crippen molar-refractivity contribution in [3.05, 3.63) is 0 Å². The summed E-state index contributed by atoms with van der Waals surface area (Å²) in [6.45, 7) is 0.571. The van der Waals surface area contributed by atoms with Gasteiger partial charge in [0.15, 0.2) is 0 Å². The maximum Gasteiger partial charge on any atom is 0.346 e. The van der Waals surface area contributed by atoms with Crippen LogP contribution in [-0.4, -0.2) is 63.7 Å². The van der Waals surface area contributed by atoms with Gasteiger partial charge in [-0.2, -0.15) is 0 Å². The van der Waals surface area contributed by atoms with Gasteiger partial charge in [-0.05, 0) is 12.8 Å². The van der Waals surface area contributed by atoms with Crippen molar-refractivity contribution >= 4 is 11.8 Å². The quantitative estimate of drug-likeness (QED) is 0.125. The van der Waals surface area contributed by atoms with Crippen LogP contribution in [0.5, 0.6) is 0 Å². The lowest BCUT2D eigenvalue weighted by molar-refractivity contribution is -0.176. The molecule has 4 N–H and O–H groups in total. The van der Waals surface area contributed by atoms with Crippen LogP contribution in [0.15, 0.2) is 0 Å². The van der Waals surface area contributed by atoms with Gasteiger partial charge in [0.05, 0.1) is 13.2 Å². The zero-order valence-electron chi connectivity index (χ0n) is 18.8. The summed E-state index contributed by atoms with van der Waals surface area (Å²) in [5, 5.41) is 37.7. The van der Waals surface area contributed by atoms with E-state index in [0.29, 0.717) is 6.42 Å². The largest absolute Gasteiger partial charge is 0.461 e. The fraction of sp³-hybridized carbons (Fsp3) is 0.913. The highest BCUT2D eigenvalue weighted by Gasteiger charge is 2.47. The number of ketones is 1. The highest BCUT2D eigenvalue weighted by Crippen LogP contribution is 2.21. The second-order valence-electron chi connectivity index (χ2n) is 8.13. The first-order valence-electron chi connectivity index (χ1n) is 11.8. The van der Waals surface area contributed by atoms with Crippen LogP contribution in [0, 0.1) is 0 Å². The second kappa shape index (κ2) is 18.7. The van der Waals surface area contributed by atoms with E-state index in [2.05, 4.69) is 11.7 Å². The highest BCUT2D eigenvalue weighted by atomic mass is 16.6. The molecule has 7 heteroatoms. The van der Waals surface area contributed by atoms with Gasteiger partial charge in [0.2, 0.25) is 11.4 Å². The maximum atomic E-state index is 12.1. The Balaban J connectivity index is 3.98. The minimum absolute atomic E-state index is 0.175. The van der Waals surface area contributed by atoms with Crippen molar-refractivity contribution < 1.29 is 34.8 Å². The van der Waals surface area contributed by atoms with E-state index in [-0.39, 0.29) is 13.0 Å². The summed E-state index contributed by atoms with van der Waals surface area (Å²) in [5.41, 5.74) is -2.49. The Hall–Kier alpha value is -1.02. The number of carbonyl (C=O) groups is 2. The Kier molecular flexibility index (Phi) is 18.1. The summed E-state index contributed by atoms with van der Waals surface area (Å²) in [5.74, 6) is -2.36. The van der Waals surface area contributed by atoms with Crippen LogP contribution >= 0.6 is 0 Å². The molecule has 0 rings (SSSR count). The van der Waals surface area contributed by atoms with Gasteiger partial charge in [0.25, 0.3) is 0 Å². The molecular weight excluding hydrogens is 388 g/mol. The molecule has 30 heavy (non-hydrogen) atoms. The van der Waals surface area contributed by atoms with Crippen LogP contribution in [0.3, 0.4) is 0 Å². The van der Waals surface area contributed by atoms with Gasteiger partial charge >= 0.3 is 5.97 Å². The summed E-state index contributed by atoms with van der Waals surface area (Å²) >= 11 is 0. The number of esters is 1. The average molecular weight is 433 g/mol. The first kappa shape index (κ1) is 29.0. The number of aliphatic hydroxyl groups excluding tert-OH is 3. The molecule has 0 fully saturated rings. The third-order valence-electron chi connectivity index (χ3n) is 5.44. The van der Waals surface area contributed by atoms with Crippen LogP contribution in [-0.2, 0) is 14.3 Å². The van der Waals surface area contributed by atoms with Crippen LogP contribution in [0.4, 0.5) is 0 Å². The molecule has 2 atom stereocenters. The third-order valence-corrected chi connectivity index (χ3v) is 5.44. The van der Waals surface area contributed by atoms with Gasteiger partial charge in [-0.3, -0.25) is 4.79 Å². The smallest absolute Gasteiger partial charge is 0.346 e. The molecular formula is C23H44O7. The van der Waals surface area contributed by atoms with Crippen molar-refractivity contribution in [2.45, 2.75) is 115 Å². The number of ether oxygens (including phenoxy) is 1. The molecule has 0 aliphatic carbocycles. The van der Waals surface area contributed by atoms with Crippen LogP contribution in [0.1, 0.15) is 103 Å². The summed E-state index contributed by atoms with van der Waals surface area (Å²) in [6.07, 6.45) is 14.1. The van der Waals surface area contributed by atoms with E-state index in [0.717, 1.165) is 25.7 Å². The molecule has 0 bridgehead atoms. The molecule has 0 aromatic heterocycles. The Labute approximate surface area is 181 Å². The number of hydrogen-bond acceptors (Lipinski definition) is 7. The predicted molar refractivity (Wildman–Crippen MR) is 116 cm³/mol. The van der Waals surface area contributed by atoms with Gasteiger partial charge in [0, 0.05) is 0 Å². The van der Waals surface area contributed by atoms with Gasteiger partial charge in [-0.25, -0.2) is 4.79 Å². The predicted octanol–water partition coefficient (Wildman–Crippen LogP) is 3.05. The van der Waals surface area contributed by atoms with Gasteiger partial charge in [-0.1, -0.05) is 90.4 Å². The zero-order chi connectivity index (χ0) is 22.7. The highest BCUT2D eigenvalue weighted by molar-refractivity contribution is 6.08. The molecule has 0 aromatic carbocycles. The topological polar surface area (TPSA) is 124 Å². The summed E-state index contributed by atoms with van der Waals surface area (Å²) < 4.78 is 4.69. The molecule has 178 valence electrons. The maximum absolute atomic E-state index is 12.1. The number of aliphatic hydroxyl groups is 4. The molecule has 2 unspecified atom stereocenters. The molecule has 0 aromatic rings. The Bertz CT molecular complexity index is 441. The Morgan fingerprint density at radius 2 is 1.23 bits per heavy atom. The molecule has 7 nitrogen and oxygen atoms in total. The number of hydrogen-bond donors (Lipinski definition) is 4. The van der Waals surface area contributed by atoms with Gasteiger partial charge in [-0.15, -0.1) is 0 Å². The molecule has 0 spiro atoms. The van der Waals surface area contributed by atoms with E-state index >= 15 is 0 Å². The SMILES string of the molecule is CCCCCCCCCCCCCCCCC(O)(C(=O)OCCO)C(=O)C(O)CO. The summed E-state index contributed by atoms with van der Waals surface area (Å²) in [7, 11) is 0. The number of unbranched alkanes of at least 4 members (excludes halogenated alkanes) is 13. The first-order valence-corrected chi connectivity index (χ1v) is 11.8. The second-order valence-corrected chi connectivity index (χ2v) is 8.13. The zero-order valence-corrected chi connectivity index (χ0v) is 18.8. The van der Waals surface area contributed by atoms with E-state index in [4.69, 9.17) is 10.2 Å². The first-order chi connectivity index (χ1) is 14.4. The minimum atomic E-state index is -2.49. The van der Waals surface area contributed by atoms with Crippen molar-refractivity contribution in [1.29, 1.82) is 0 Å². The third kappa shape index (κ3) is 12.6. The standard InChI is InChI=1S/C23H44O7/c1-2-3-4-5-6-7-8-9-10-11-12-13-14-15-16-23(29,21(27)20(26)19-25)22(28)30-18-17-24/h20,24-26,29H,2-19H2,1H3. The molecule has 0 aliphatic heterocycles.